The monoisotopic (exact) mass is 271 g/mol. The zero-order valence-electron chi connectivity index (χ0n) is 10.6. The zero-order valence-corrected chi connectivity index (χ0v) is 11.4. The molecule has 1 rings (SSSR count). The van der Waals surface area contributed by atoms with Crippen molar-refractivity contribution in [1.29, 1.82) is 0 Å². The lowest BCUT2D eigenvalue weighted by Gasteiger charge is -2.25. The Kier molecular flexibility index (Phi) is 5.02. The first-order valence-electron chi connectivity index (χ1n) is 5.59. The normalized spacial score (nSPS) is 11.9. The number of hydrogen-bond donors (Lipinski definition) is 2. The summed E-state index contributed by atoms with van der Waals surface area (Å²) in [4.78, 5) is 14.4. The minimum absolute atomic E-state index is 0.00688. The van der Waals surface area contributed by atoms with Gasteiger partial charge in [-0.25, -0.2) is 0 Å². The molecule has 0 saturated heterocycles. The van der Waals surface area contributed by atoms with E-state index >= 15 is 0 Å². The van der Waals surface area contributed by atoms with Gasteiger partial charge in [-0.05, 0) is 31.8 Å². The van der Waals surface area contributed by atoms with Crippen molar-refractivity contribution in [2.24, 2.45) is 10.9 Å². The Balaban J connectivity index is 2.96. The number of hydrogen-bond acceptors (Lipinski definition) is 6. The van der Waals surface area contributed by atoms with Gasteiger partial charge in [0.1, 0.15) is 4.88 Å². The van der Waals surface area contributed by atoms with Crippen LogP contribution < -0.4 is 5.73 Å². The van der Waals surface area contributed by atoms with E-state index in [1.165, 1.54) is 4.90 Å². The summed E-state index contributed by atoms with van der Waals surface area (Å²) in [5.41, 5.74) is 6.13. The Morgan fingerprint density at radius 1 is 1.61 bits per heavy atom. The molecule has 1 heterocycles. The maximum absolute atomic E-state index is 12.3. The molecule has 0 fully saturated rings. The molecule has 0 aromatic carbocycles. The van der Waals surface area contributed by atoms with Gasteiger partial charge in [-0.2, -0.15) is 0 Å². The van der Waals surface area contributed by atoms with Crippen LogP contribution in [0.15, 0.2) is 5.16 Å². The van der Waals surface area contributed by atoms with Crippen molar-refractivity contribution in [2.45, 2.75) is 33.2 Å². The number of amidine groups is 1. The molecule has 0 aliphatic carbocycles. The van der Waals surface area contributed by atoms with Crippen LogP contribution in [0.25, 0.3) is 0 Å². The molecular formula is C10H17N5O2S. The first-order chi connectivity index (χ1) is 8.51. The van der Waals surface area contributed by atoms with Gasteiger partial charge in [-0.3, -0.25) is 4.79 Å². The molecule has 0 saturated carbocycles. The molecule has 100 valence electrons. The van der Waals surface area contributed by atoms with Gasteiger partial charge >= 0.3 is 0 Å². The number of oxime groups is 1. The largest absolute Gasteiger partial charge is 0.409 e. The molecule has 3 N–H and O–H groups in total. The van der Waals surface area contributed by atoms with E-state index in [1.807, 2.05) is 20.8 Å². The number of aromatic nitrogens is 2. The second kappa shape index (κ2) is 6.29. The van der Waals surface area contributed by atoms with Gasteiger partial charge in [0.05, 0.1) is 12.2 Å². The lowest BCUT2D eigenvalue weighted by molar-refractivity contribution is 0.0737. The lowest BCUT2D eigenvalue weighted by atomic mass is 10.2. The Hall–Kier alpha value is -1.70. The first-order valence-corrected chi connectivity index (χ1v) is 6.37. The van der Waals surface area contributed by atoms with E-state index in [1.54, 1.807) is 0 Å². The van der Waals surface area contributed by atoms with Crippen LogP contribution in [-0.2, 0) is 6.42 Å². The highest BCUT2D eigenvalue weighted by Crippen LogP contribution is 2.15. The van der Waals surface area contributed by atoms with Crippen molar-refractivity contribution in [3.8, 4) is 0 Å². The summed E-state index contributed by atoms with van der Waals surface area (Å²) < 4.78 is 3.79. The van der Waals surface area contributed by atoms with E-state index in [9.17, 15) is 4.79 Å². The molecule has 0 aliphatic rings. The molecule has 0 bridgehead atoms. The van der Waals surface area contributed by atoms with Crippen LogP contribution in [-0.4, -0.2) is 44.0 Å². The number of nitrogens with zero attached hydrogens (tertiary/aromatic N) is 4. The smallest absolute Gasteiger partial charge is 0.268 e. The molecule has 1 amide bonds. The van der Waals surface area contributed by atoms with Gasteiger partial charge in [0.2, 0.25) is 0 Å². The zero-order chi connectivity index (χ0) is 13.7. The number of aryl methyl sites for hydroxylation is 1. The van der Waals surface area contributed by atoms with Crippen molar-refractivity contribution >= 4 is 23.3 Å². The third kappa shape index (κ3) is 3.16. The predicted molar refractivity (Wildman–Crippen MR) is 68.9 cm³/mol. The SMILES string of the molecule is CCc1nnsc1C(=O)N(CC(N)=NO)C(C)C. The average molecular weight is 271 g/mol. The van der Waals surface area contributed by atoms with Crippen LogP contribution in [0.4, 0.5) is 0 Å². The molecular weight excluding hydrogens is 254 g/mol. The topological polar surface area (TPSA) is 105 Å². The Morgan fingerprint density at radius 3 is 2.78 bits per heavy atom. The third-order valence-corrected chi connectivity index (χ3v) is 3.19. The highest BCUT2D eigenvalue weighted by Gasteiger charge is 2.24. The van der Waals surface area contributed by atoms with E-state index in [2.05, 4.69) is 14.7 Å². The number of rotatable bonds is 5. The second-order valence-electron chi connectivity index (χ2n) is 4.02. The average Bonchev–Trinajstić information content (AvgIpc) is 2.82. The first kappa shape index (κ1) is 14.4. The van der Waals surface area contributed by atoms with E-state index < -0.39 is 0 Å². The molecule has 18 heavy (non-hydrogen) atoms. The summed E-state index contributed by atoms with van der Waals surface area (Å²) in [7, 11) is 0. The number of carbonyl (C=O) groups is 1. The number of carbonyl (C=O) groups excluding carboxylic acids is 1. The Morgan fingerprint density at radius 2 is 2.28 bits per heavy atom. The van der Waals surface area contributed by atoms with Gasteiger partial charge in [0, 0.05) is 6.04 Å². The quantitative estimate of drug-likeness (QED) is 0.355. The van der Waals surface area contributed by atoms with Crippen LogP contribution >= 0.6 is 11.5 Å². The van der Waals surface area contributed by atoms with Gasteiger partial charge in [0.25, 0.3) is 5.91 Å². The standard InChI is InChI=1S/C10H17N5O2S/c1-4-7-9(18-14-12-7)10(16)15(6(2)3)5-8(11)13-17/h6,17H,4-5H2,1-3H3,(H2,11,13). The summed E-state index contributed by atoms with van der Waals surface area (Å²) in [6, 6.07) is -0.0652. The summed E-state index contributed by atoms with van der Waals surface area (Å²) in [5, 5.41) is 15.4. The molecule has 0 atom stereocenters. The summed E-state index contributed by atoms with van der Waals surface area (Å²) in [6.07, 6.45) is 0.646. The van der Waals surface area contributed by atoms with E-state index in [-0.39, 0.29) is 24.3 Å². The van der Waals surface area contributed by atoms with Crippen LogP contribution in [0.5, 0.6) is 0 Å². The minimum Gasteiger partial charge on any atom is -0.409 e. The van der Waals surface area contributed by atoms with E-state index in [0.717, 1.165) is 11.5 Å². The van der Waals surface area contributed by atoms with Gasteiger partial charge in [0.15, 0.2) is 5.84 Å². The van der Waals surface area contributed by atoms with Crippen LogP contribution in [0.1, 0.15) is 36.1 Å². The molecule has 0 radical (unpaired) electrons. The number of amides is 1. The summed E-state index contributed by atoms with van der Waals surface area (Å²) in [5.74, 6) is -0.198. The lowest BCUT2D eigenvalue weighted by Crippen LogP contribution is -2.42. The van der Waals surface area contributed by atoms with Gasteiger partial charge in [-0.1, -0.05) is 16.6 Å². The van der Waals surface area contributed by atoms with E-state index in [4.69, 9.17) is 10.9 Å². The molecule has 0 spiro atoms. The van der Waals surface area contributed by atoms with Crippen LogP contribution in [0, 0.1) is 0 Å². The van der Waals surface area contributed by atoms with E-state index in [0.29, 0.717) is 17.0 Å². The minimum atomic E-state index is -0.191. The fraction of sp³-hybridized carbons (Fsp3) is 0.600. The molecule has 0 unspecified atom stereocenters. The van der Waals surface area contributed by atoms with Gasteiger partial charge in [-0.15, -0.1) is 5.10 Å². The van der Waals surface area contributed by atoms with Crippen molar-refractivity contribution in [3.05, 3.63) is 10.6 Å². The highest BCUT2D eigenvalue weighted by molar-refractivity contribution is 7.08. The summed E-state index contributed by atoms with van der Waals surface area (Å²) >= 11 is 1.07. The molecule has 1 aromatic rings. The third-order valence-electron chi connectivity index (χ3n) is 2.43. The molecule has 8 heteroatoms. The highest BCUT2D eigenvalue weighted by atomic mass is 32.1. The predicted octanol–water partition coefficient (Wildman–Crippen LogP) is 0.697. The van der Waals surface area contributed by atoms with Crippen molar-refractivity contribution in [1.82, 2.24) is 14.5 Å². The Labute approximate surface area is 109 Å². The Bertz CT molecular complexity index is 443. The van der Waals surface area contributed by atoms with Gasteiger partial charge < -0.3 is 15.8 Å². The maximum Gasteiger partial charge on any atom is 0.268 e. The molecule has 0 aliphatic heterocycles. The van der Waals surface area contributed by atoms with Crippen molar-refractivity contribution in [3.63, 3.8) is 0 Å². The van der Waals surface area contributed by atoms with Crippen LogP contribution in [0.3, 0.4) is 0 Å². The fourth-order valence-corrected chi connectivity index (χ4v) is 2.13. The van der Waals surface area contributed by atoms with Crippen LogP contribution in [0.2, 0.25) is 0 Å². The molecule has 1 aromatic heterocycles. The van der Waals surface area contributed by atoms with Crippen molar-refractivity contribution < 1.29 is 10.0 Å². The number of nitrogens with two attached hydrogens (primary N) is 1. The fourth-order valence-electron chi connectivity index (χ4n) is 1.43. The second-order valence-corrected chi connectivity index (χ2v) is 4.77. The summed E-state index contributed by atoms with van der Waals surface area (Å²) in [6.45, 7) is 5.72. The molecule has 7 nitrogen and oxygen atoms in total. The van der Waals surface area contributed by atoms with Crippen molar-refractivity contribution in [2.75, 3.05) is 6.54 Å². The maximum atomic E-state index is 12.3.